The highest BCUT2D eigenvalue weighted by atomic mass is 35.5. The van der Waals surface area contributed by atoms with E-state index in [1.807, 2.05) is 29.1 Å². The standard InChI is InChI=1S/C13H16ClN2O2/c1-3-15-9-16(8-13(17)18-4-2)12-7-10(14)5-6-11(12)15/h5-7,9H,3-4,8H2,1-2H3/q+1. The van der Waals surface area contributed by atoms with Crippen molar-refractivity contribution in [3.63, 3.8) is 0 Å². The van der Waals surface area contributed by atoms with Crippen LogP contribution in [0.1, 0.15) is 13.8 Å². The Bertz CT molecular complexity index is 578. The Balaban J connectivity index is 2.43. The third kappa shape index (κ3) is 2.48. The van der Waals surface area contributed by atoms with Crippen LogP contribution in [0.5, 0.6) is 0 Å². The molecular formula is C13H16ClN2O2+. The number of aromatic nitrogens is 2. The van der Waals surface area contributed by atoms with Gasteiger partial charge < -0.3 is 4.74 Å². The fourth-order valence-corrected chi connectivity index (χ4v) is 2.15. The molecule has 96 valence electrons. The minimum Gasteiger partial charge on any atom is -0.463 e. The van der Waals surface area contributed by atoms with E-state index in [1.54, 1.807) is 6.92 Å². The Morgan fingerprint density at radius 1 is 1.44 bits per heavy atom. The highest BCUT2D eigenvalue weighted by molar-refractivity contribution is 6.31. The summed E-state index contributed by atoms with van der Waals surface area (Å²) in [7, 11) is 0. The molecule has 0 amide bonds. The van der Waals surface area contributed by atoms with Crippen LogP contribution in [-0.4, -0.2) is 17.1 Å². The number of carbonyl (C=O) groups is 1. The topological polar surface area (TPSA) is 35.1 Å². The predicted molar refractivity (Wildman–Crippen MR) is 69.5 cm³/mol. The third-order valence-electron chi connectivity index (χ3n) is 2.78. The van der Waals surface area contributed by atoms with Crippen molar-refractivity contribution in [2.75, 3.05) is 6.61 Å². The highest BCUT2D eigenvalue weighted by Crippen LogP contribution is 2.17. The molecule has 4 nitrogen and oxygen atoms in total. The zero-order chi connectivity index (χ0) is 13.1. The maximum absolute atomic E-state index is 11.6. The first-order valence-corrected chi connectivity index (χ1v) is 6.37. The van der Waals surface area contributed by atoms with Gasteiger partial charge in [0.25, 0.3) is 0 Å². The van der Waals surface area contributed by atoms with E-state index >= 15 is 0 Å². The number of imidazole rings is 1. The van der Waals surface area contributed by atoms with Crippen LogP contribution in [0.15, 0.2) is 24.5 Å². The van der Waals surface area contributed by atoms with Gasteiger partial charge in [0.2, 0.25) is 6.33 Å². The molecule has 0 fully saturated rings. The summed E-state index contributed by atoms with van der Waals surface area (Å²) in [6.07, 6.45) is 1.91. The first kappa shape index (κ1) is 12.9. The summed E-state index contributed by atoms with van der Waals surface area (Å²) in [6, 6.07) is 5.68. The second-order valence-corrected chi connectivity index (χ2v) is 4.40. The lowest BCUT2D eigenvalue weighted by molar-refractivity contribution is -0.668. The molecule has 1 aromatic carbocycles. The average molecular weight is 268 g/mol. The fraction of sp³-hybridized carbons (Fsp3) is 0.385. The van der Waals surface area contributed by atoms with Gasteiger partial charge in [-0.25, -0.2) is 13.9 Å². The summed E-state index contributed by atoms with van der Waals surface area (Å²) < 4.78 is 8.90. The van der Waals surface area contributed by atoms with Crippen molar-refractivity contribution in [2.24, 2.45) is 0 Å². The van der Waals surface area contributed by atoms with E-state index in [-0.39, 0.29) is 12.5 Å². The minimum atomic E-state index is -0.238. The van der Waals surface area contributed by atoms with Crippen LogP contribution >= 0.6 is 11.6 Å². The van der Waals surface area contributed by atoms with Gasteiger partial charge in [0.05, 0.1) is 13.2 Å². The summed E-state index contributed by atoms with van der Waals surface area (Å²) in [4.78, 5) is 11.6. The van der Waals surface area contributed by atoms with Crippen LogP contribution in [0.3, 0.4) is 0 Å². The van der Waals surface area contributed by atoms with Gasteiger partial charge in [-0.2, -0.15) is 0 Å². The number of benzene rings is 1. The molecule has 0 N–H and O–H groups in total. The Kier molecular flexibility index (Phi) is 3.87. The van der Waals surface area contributed by atoms with Gasteiger partial charge in [-0.05, 0) is 26.0 Å². The van der Waals surface area contributed by atoms with Gasteiger partial charge in [-0.15, -0.1) is 0 Å². The van der Waals surface area contributed by atoms with Crippen molar-refractivity contribution in [3.8, 4) is 0 Å². The molecule has 1 aromatic heterocycles. The molecule has 0 atom stereocenters. The third-order valence-corrected chi connectivity index (χ3v) is 3.02. The van der Waals surface area contributed by atoms with E-state index in [9.17, 15) is 4.79 Å². The lowest BCUT2D eigenvalue weighted by Gasteiger charge is -1.99. The zero-order valence-corrected chi connectivity index (χ0v) is 11.3. The lowest BCUT2D eigenvalue weighted by Crippen LogP contribution is -2.30. The van der Waals surface area contributed by atoms with E-state index < -0.39 is 0 Å². The summed E-state index contributed by atoms with van der Waals surface area (Å²) in [5.41, 5.74) is 2.00. The molecule has 0 radical (unpaired) electrons. The normalized spacial score (nSPS) is 10.8. The van der Waals surface area contributed by atoms with Crippen LogP contribution in [0.4, 0.5) is 0 Å². The number of esters is 1. The van der Waals surface area contributed by atoms with Crippen LogP contribution in [-0.2, 0) is 22.6 Å². The van der Waals surface area contributed by atoms with E-state index in [4.69, 9.17) is 16.3 Å². The summed E-state index contributed by atoms with van der Waals surface area (Å²) in [6.45, 7) is 5.30. The summed E-state index contributed by atoms with van der Waals surface area (Å²) >= 11 is 6.00. The van der Waals surface area contributed by atoms with Crippen molar-refractivity contribution in [2.45, 2.75) is 26.9 Å². The molecule has 0 aliphatic rings. The molecule has 2 aromatic rings. The number of rotatable bonds is 4. The second-order valence-electron chi connectivity index (χ2n) is 3.97. The molecule has 0 unspecified atom stereocenters. The van der Waals surface area contributed by atoms with Crippen molar-refractivity contribution in [3.05, 3.63) is 29.5 Å². The number of halogens is 1. The van der Waals surface area contributed by atoms with Crippen molar-refractivity contribution in [1.29, 1.82) is 0 Å². The van der Waals surface area contributed by atoms with E-state index in [1.165, 1.54) is 0 Å². The number of fused-ring (bicyclic) bond motifs is 1. The maximum atomic E-state index is 11.6. The summed E-state index contributed by atoms with van der Waals surface area (Å²) in [5.74, 6) is -0.238. The highest BCUT2D eigenvalue weighted by Gasteiger charge is 2.17. The molecule has 2 rings (SSSR count). The van der Waals surface area contributed by atoms with E-state index in [0.717, 1.165) is 17.6 Å². The number of carbonyl (C=O) groups excluding carboxylic acids is 1. The molecule has 0 aliphatic carbocycles. The Hall–Kier alpha value is -1.55. The monoisotopic (exact) mass is 267 g/mol. The molecule has 5 heteroatoms. The van der Waals surface area contributed by atoms with Gasteiger partial charge >= 0.3 is 5.97 Å². The van der Waals surface area contributed by atoms with Gasteiger partial charge in [-0.3, -0.25) is 0 Å². The molecule has 0 spiro atoms. The molecule has 0 bridgehead atoms. The molecule has 0 saturated heterocycles. The SMILES string of the molecule is CCOC(=O)Cn1c[n+](CC)c2ccc(Cl)cc21. The Morgan fingerprint density at radius 3 is 2.89 bits per heavy atom. The van der Waals surface area contributed by atoms with E-state index in [2.05, 4.69) is 11.5 Å². The maximum Gasteiger partial charge on any atom is 0.348 e. The lowest BCUT2D eigenvalue weighted by atomic mass is 10.3. The van der Waals surface area contributed by atoms with Crippen LogP contribution in [0.25, 0.3) is 11.0 Å². The van der Waals surface area contributed by atoms with Crippen LogP contribution in [0.2, 0.25) is 5.02 Å². The first-order chi connectivity index (χ1) is 8.65. The van der Waals surface area contributed by atoms with Gasteiger partial charge in [0.15, 0.2) is 17.6 Å². The van der Waals surface area contributed by atoms with E-state index in [0.29, 0.717) is 11.6 Å². The van der Waals surface area contributed by atoms with Gasteiger partial charge in [0, 0.05) is 11.1 Å². The fourth-order valence-electron chi connectivity index (χ4n) is 1.99. The van der Waals surface area contributed by atoms with Crippen molar-refractivity contribution >= 4 is 28.6 Å². The predicted octanol–water partition coefficient (Wildman–Crippen LogP) is 2.17. The molecule has 0 saturated carbocycles. The first-order valence-electron chi connectivity index (χ1n) is 5.99. The number of nitrogens with zero attached hydrogens (tertiary/aromatic N) is 2. The second kappa shape index (κ2) is 5.40. The minimum absolute atomic E-state index is 0.206. The van der Waals surface area contributed by atoms with Crippen LogP contribution in [0, 0.1) is 0 Å². The van der Waals surface area contributed by atoms with Gasteiger partial charge in [-0.1, -0.05) is 11.6 Å². The van der Waals surface area contributed by atoms with Crippen molar-refractivity contribution < 1.29 is 14.1 Å². The number of hydrogen-bond acceptors (Lipinski definition) is 2. The zero-order valence-electron chi connectivity index (χ0n) is 10.5. The number of hydrogen-bond donors (Lipinski definition) is 0. The molecule has 0 aliphatic heterocycles. The largest absolute Gasteiger partial charge is 0.463 e. The molecule has 1 heterocycles. The summed E-state index contributed by atoms with van der Waals surface area (Å²) in [5, 5.41) is 0.661. The smallest absolute Gasteiger partial charge is 0.348 e. The Morgan fingerprint density at radius 2 is 2.22 bits per heavy atom. The number of ether oxygens (including phenoxy) is 1. The number of aryl methyl sites for hydroxylation is 1. The van der Waals surface area contributed by atoms with Crippen LogP contribution < -0.4 is 4.57 Å². The average Bonchev–Trinajstić information content (AvgIpc) is 2.67. The Labute approximate surface area is 111 Å². The molecular weight excluding hydrogens is 252 g/mol. The van der Waals surface area contributed by atoms with Gasteiger partial charge in [0.1, 0.15) is 0 Å². The van der Waals surface area contributed by atoms with Crippen molar-refractivity contribution in [1.82, 2.24) is 4.57 Å². The quantitative estimate of drug-likeness (QED) is 0.629. The molecule has 18 heavy (non-hydrogen) atoms.